The molecule has 1 spiro atoms. The minimum absolute atomic E-state index is 0.246. The molecular formula is C13H16Cl2N2. The number of hydrogen-bond donors (Lipinski definition) is 1. The van der Waals surface area contributed by atoms with Crippen LogP contribution in [-0.4, -0.2) is 26.7 Å². The smallest absolute Gasteiger partial charge is 0.0657 e. The predicted molar refractivity (Wildman–Crippen MR) is 73.5 cm³/mol. The quantitative estimate of drug-likeness (QED) is 0.780. The summed E-state index contributed by atoms with van der Waals surface area (Å²) in [5, 5.41) is 5.00. The molecule has 1 aromatic rings. The Morgan fingerprint density at radius 1 is 1.29 bits per heavy atom. The maximum Gasteiger partial charge on any atom is 0.0657 e. The molecule has 1 atom stereocenters. The SMILES string of the molecule is CN1CCC2(CCNC2)c2cc(Cl)cc(Cl)c21. The van der Waals surface area contributed by atoms with E-state index in [1.54, 1.807) is 0 Å². The fourth-order valence-electron chi connectivity index (χ4n) is 3.17. The van der Waals surface area contributed by atoms with Crippen molar-refractivity contribution in [1.82, 2.24) is 5.32 Å². The molecule has 0 amide bonds. The number of anilines is 1. The van der Waals surface area contributed by atoms with E-state index in [9.17, 15) is 0 Å². The molecule has 92 valence electrons. The van der Waals surface area contributed by atoms with Crippen molar-refractivity contribution in [3.05, 3.63) is 27.7 Å². The van der Waals surface area contributed by atoms with Gasteiger partial charge in [0.2, 0.25) is 0 Å². The van der Waals surface area contributed by atoms with Gasteiger partial charge in [0.1, 0.15) is 0 Å². The summed E-state index contributed by atoms with van der Waals surface area (Å²) in [5.41, 5.74) is 2.75. The van der Waals surface area contributed by atoms with Crippen LogP contribution in [0.1, 0.15) is 18.4 Å². The van der Waals surface area contributed by atoms with E-state index in [4.69, 9.17) is 23.2 Å². The van der Waals surface area contributed by atoms with E-state index >= 15 is 0 Å². The Morgan fingerprint density at radius 2 is 2.12 bits per heavy atom. The molecule has 2 aliphatic heterocycles. The fraction of sp³-hybridized carbons (Fsp3) is 0.538. The molecule has 17 heavy (non-hydrogen) atoms. The standard InChI is InChI=1S/C13H16Cl2N2/c1-17-5-3-13(2-4-16-8-13)10-6-9(14)7-11(15)12(10)17/h6-7,16H,2-5,8H2,1H3. The van der Waals surface area contributed by atoms with Crippen molar-refractivity contribution in [1.29, 1.82) is 0 Å². The lowest BCUT2D eigenvalue weighted by atomic mass is 9.73. The molecule has 0 saturated carbocycles. The van der Waals surface area contributed by atoms with Crippen molar-refractivity contribution in [2.45, 2.75) is 18.3 Å². The zero-order valence-corrected chi connectivity index (χ0v) is 11.4. The third-order valence-corrected chi connectivity index (χ3v) is 4.66. The Morgan fingerprint density at radius 3 is 2.82 bits per heavy atom. The summed E-state index contributed by atoms with van der Waals surface area (Å²) in [5.74, 6) is 0. The number of hydrogen-bond acceptors (Lipinski definition) is 2. The van der Waals surface area contributed by atoms with Crippen molar-refractivity contribution in [2.75, 3.05) is 31.6 Å². The molecule has 3 rings (SSSR count). The van der Waals surface area contributed by atoms with E-state index in [0.29, 0.717) is 0 Å². The van der Waals surface area contributed by atoms with Crippen molar-refractivity contribution in [3.63, 3.8) is 0 Å². The largest absolute Gasteiger partial charge is 0.373 e. The number of fused-ring (bicyclic) bond motifs is 2. The second-order valence-corrected chi connectivity index (χ2v) is 6.01. The van der Waals surface area contributed by atoms with E-state index in [-0.39, 0.29) is 5.41 Å². The molecule has 2 nitrogen and oxygen atoms in total. The van der Waals surface area contributed by atoms with E-state index in [1.165, 1.54) is 24.1 Å². The maximum atomic E-state index is 6.36. The normalized spacial score (nSPS) is 27.6. The van der Waals surface area contributed by atoms with Crippen molar-refractivity contribution >= 4 is 28.9 Å². The molecule has 0 bridgehead atoms. The highest BCUT2D eigenvalue weighted by Gasteiger charge is 2.41. The predicted octanol–water partition coefficient (Wildman–Crippen LogP) is 3.06. The minimum atomic E-state index is 0.246. The van der Waals surface area contributed by atoms with Crippen LogP contribution in [0, 0.1) is 0 Å². The van der Waals surface area contributed by atoms with Crippen LogP contribution in [-0.2, 0) is 5.41 Å². The number of halogens is 2. The van der Waals surface area contributed by atoms with Crippen molar-refractivity contribution < 1.29 is 0 Å². The first-order chi connectivity index (χ1) is 8.12. The molecule has 0 radical (unpaired) electrons. The highest BCUT2D eigenvalue weighted by Crippen LogP contribution is 2.47. The van der Waals surface area contributed by atoms with E-state index < -0.39 is 0 Å². The van der Waals surface area contributed by atoms with Crippen LogP contribution in [0.2, 0.25) is 10.0 Å². The van der Waals surface area contributed by atoms with Crippen LogP contribution in [0.3, 0.4) is 0 Å². The second kappa shape index (κ2) is 4.04. The monoisotopic (exact) mass is 270 g/mol. The number of benzene rings is 1. The van der Waals surface area contributed by atoms with Gasteiger partial charge in [-0.05, 0) is 37.1 Å². The van der Waals surface area contributed by atoms with E-state index in [2.05, 4.69) is 23.3 Å². The highest BCUT2D eigenvalue weighted by atomic mass is 35.5. The first kappa shape index (κ1) is 11.6. The minimum Gasteiger partial charge on any atom is -0.373 e. The van der Waals surface area contributed by atoms with Gasteiger partial charge in [0.25, 0.3) is 0 Å². The van der Waals surface area contributed by atoms with Crippen LogP contribution >= 0.6 is 23.2 Å². The molecule has 1 saturated heterocycles. The van der Waals surface area contributed by atoms with Gasteiger partial charge >= 0.3 is 0 Å². The fourth-order valence-corrected chi connectivity index (χ4v) is 3.81. The zero-order valence-electron chi connectivity index (χ0n) is 9.89. The Kier molecular flexibility index (Phi) is 2.77. The molecule has 1 aromatic carbocycles. The van der Waals surface area contributed by atoms with Gasteiger partial charge in [0.05, 0.1) is 10.7 Å². The topological polar surface area (TPSA) is 15.3 Å². The summed E-state index contributed by atoms with van der Waals surface area (Å²) in [7, 11) is 2.11. The van der Waals surface area contributed by atoms with Gasteiger partial charge in [-0.1, -0.05) is 23.2 Å². The molecule has 0 aliphatic carbocycles. The number of nitrogens with zero attached hydrogens (tertiary/aromatic N) is 1. The van der Waals surface area contributed by atoms with Crippen LogP contribution in [0.25, 0.3) is 0 Å². The Bertz CT molecular complexity index is 453. The van der Waals surface area contributed by atoms with Gasteiger partial charge in [-0.25, -0.2) is 0 Å². The summed E-state index contributed by atoms with van der Waals surface area (Å²) < 4.78 is 0. The Balaban J connectivity index is 2.20. The van der Waals surface area contributed by atoms with Crippen molar-refractivity contribution in [3.8, 4) is 0 Å². The van der Waals surface area contributed by atoms with Gasteiger partial charge in [0.15, 0.2) is 0 Å². The first-order valence-electron chi connectivity index (χ1n) is 6.04. The van der Waals surface area contributed by atoms with Crippen LogP contribution < -0.4 is 10.2 Å². The summed E-state index contributed by atoms with van der Waals surface area (Å²) in [6, 6.07) is 3.95. The lowest BCUT2D eigenvalue weighted by Gasteiger charge is -2.40. The van der Waals surface area contributed by atoms with Crippen LogP contribution in [0.4, 0.5) is 5.69 Å². The maximum absolute atomic E-state index is 6.36. The number of rotatable bonds is 0. The summed E-state index contributed by atoms with van der Waals surface area (Å²) in [6.07, 6.45) is 2.37. The molecule has 4 heteroatoms. The van der Waals surface area contributed by atoms with Gasteiger partial charge in [0, 0.05) is 30.6 Å². The lowest BCUT2D eigenvalue weighted by Crippen LogP contribution is -2.40. The van der Waals surface area contributed by atoms with Gasteiger partial charge in [-0.2, -0.15) is 0 Å². The average Bonchev–Trinajstić information content (AvgIpc) is 2.73. The summed E-state index contributed by atoms with van der Waals surface area (Å²) in [4.78, 5) is 2.25. The molecule has 1 fully saturated rings. The highest BCUT2D eigenvalue weighted by molar-refractivity contribution is 6.36. The third kappa shape index (κ3) is 1.74. The van der Waals surface area contributed by atoms with Crippen LogP contribution in [0.5, 0.6) is 0 Å². The van der Waals surface area contributed by atoms with Gasteiger partial charge in [-0.3, -0.25) is 0 Å². The molecule has 1 N–H and O–H groups in total. The summed E-state index contributed by atoms with van der Waals surface area (Å²) in [6.45, 7) is 3.20. The van der Waals surface area contributed by atoms with Gasteiger partial charge < -0.3 is 10.2 Å². The molecular weight excluding hydrogens is 255 g/mol. The third-order valence-electron chi connectivity index (χ3n) is 4.15. The second-order valence-electron chi connectivity index (χ2n) is 5.16. The number of nitrogens with one attached hydrogen (secondary N) is 1. The lowest BCUT2D eigenvalue weighted by molar-refractivity contribution is 0.419. The zero-order chi connectivity index (χ0) is 12.0. The first-order valence-corrected chi connectivity index (χ1v) is 6.79. The van der Waals surface area contributed by atoms with Crippen LogP contribution in [0.15, 0.2) is 12.1 Å². The van der Waals surface area contributed by atoms with Gasteiger partial charge in [-0.15, -0.1) is 0 Å². The van der Waals surface area contributed by atoms with Crippen molar-refractivity contribution in [2.24, 2.45) is 0 Å². The van der Waals surface area contributed by atoms with E-state index in [0.717, 1.165) is 29.7 Å². The average molecular weight is 271 g/mol. The summed E-state index contributed by atoms with van der Waals surface area (Å²) >= 11 is 12.5. The molecule has 0 aromatic heterocycles. The molecule has 2 heterocycles. The Labute approximate surface area is 112 Å². The van der Waals surface area contributed by atoms with E-state index in [1.807, 2.05) is 6.07 Å². The molecule has 2 aliphatic rings. The molecule has 1 unspecified atom stereocenters. The Hall–Kier alpha value is -0.440.